The van der Waals surface area contributed by atoms with E-state index in [0.29, 0.717) is 6.54 Å². The molecule has 0 spiro atoms. The lowest BCUT2D eigenvalue weighted by Crippen LogP contribution is -2.28. The van der Waals surface area contributed by atoms with E-state index in [1.807, 2.05) is 13.8 Å². The first kappa shape index (κ1) is 15.1. The highest BCUT2D eigenvalue weighted by Gasteiger charge is 2.13. The molecule has 0 fully saturated rings. The Morgan fingerprint density at radius 3 is 2.06 bits per heavy atom. The third-order valence-electron chi connectivity index (χ3n) is 3.02. The number of hydrogen-bond donors (Lipinski definition) is 1. The van der Waals surface area contributed by atoms with Crippen molar-refractivity contribution in [3.8, 4) is 0 Å². The lowest BCUT2D eigenvalue weighted by molar-refractivity contribution is 0.119. The molecule has 0 heterocycles. The Balaban J connectivity index is 2.79. The molecule has 1 atom stereocenters. The van der Waals surface area contributed by atoms with Crippen LogP contribution in [0.5, 0.6) is 0 Å². The maximum atomic E-state index is 11.3. The Morgan fingerprint density at radius 2 is 1.67 bits per heavy atom. The molecule has 0 aliphatic rings. The van der Waals surface area contributed by atoms with Gasteiger partial charge < -0.3 is 10.0 Å². The summed E-state index contributed by atoms with van der Waals surface area (Å²) in [6.07, 6.45) is 0.590. The number of rotatable bonds is 6. The molecule has 0 saturated heterocycles. The van der Waals surface area contributed by atoms with Gasteiger partial charge in [0, 0.05) is 12.8 Å². The molecule has 4 nitrogen and oxygen atoms in total. The molecule has 0 amide bonds. The molecule has 5 heteroatoms. The number of hydrogen-bond acceptors (Lipinski definition) is 4. The van der Waals surface area contributed by atoms with Crippen molar-refractivity contribution in [2.24, 2.45) is 0 Å². The minimum absolute atomic E-state index is 0.279. The van der Waals surface area contributed by atoms with Crippen LogP contribution in [0, 0.1) is 0 Å². The van der Waals surface area contributed by atoms with Crippen molar-refractivity contribution in [2.45, 2.75) is 24.8 Å². The molecule has 0 aliphatic heterocycles. The molecule has 1 aromatic carbocycles. The molecule has 1 N–H and O–H groups in total. The van der Waals surface area contributed by atoms with Gasteiger partial charge in [-0.05, 0) is 30.8 Å². The van der Waals surface area contributed by atoms with Crippen LogP contribution in [0.4, 0.5) is 0 Å². The minimum atomic E-state index is -3.17. The van der Waals surface area contributed by atoms with E-state index < -0.39 is 15.9 Å². The molecule has 1 rings (SSSR count). The van der Waals surface area contributed by atoms with Crippen molar-refractivity contribution in [1.82, 2.24) is 4.90 Å². The monoisotopic (exact) mass is 271 g/mol. The quantitative estimate of drug-likeness (QED) is 0.851. The summed E-state index contributed by atoms with van der Waals surface area (Å²) >= 11 is 0. The second-order valence-corrected chi connectivity index (χ2v) is 6.36. The Hall–Kier alpha value is -0.910. The third kappa shape index (κ3) is 4.08. The van der Waals surface area contributed by atoms with Gasteiger partial charge in [-0.3, -0.25) is 0 Å². The number of benzene rings is 1. The normalized spacial score (nSPS) is 13.8. The van der Waals surface area contributed by atoms with Crippen LogP contribution < -0.4 is 0 Å². The van der Waals surface area contributed by atoms with Crippen LogP contribution in [0.15, 0.2) is 29.2 Å². The Morgan fingerprint density at radius 1 is 1.17 bits per heavy atom. The Bertz CT molecular complexity index is 464. The van der Waals surface area contributed by atoms with Crippen molar-refractivity contribution >= 4 is 9.84 Å². The fraction of sp³-hybridized carbons (Fsp3) is 0.538. The fourth-order valence-corrected chi connectivity index (χ4v) is 2.40. The average Bonchev–Trinajstić information content (AvgIpc) is 2.34. The largest absolute Gasteiger partial charge is 0.387 e. The van der Waals surface area contributed by atoms with Crippen LogP contribution in [-0.2, 0) is 9.84 Å². The molecule has 0 aliphatic carbocycles. The predicted molar refractivity (Wildman–Crippen MR) is 72.3 cm³/mol. The number of aliphatic hydroxyl groups is 1. The summed E-state index contributed by atoms with van der Waals surface area (Å²) in [7, 11) is -3.17. The van der Waals surface area contributed by atoms with E-state index in [2.05, 4.69) is 4.90 Å². The summed E-state index contributed by atoms with van der Waals surface area (Å²) in [5.74, 6) is 0. The van der Waals surface area contributed by atoms with E-state index in [1.54, 1.807) is 12.1 Å². The van der Waals surface area contributed by atoms with Crippen molar-refractivity contribution in [3.63, 3.8) is 0 Å². The summed E-state index contributed by atoms with van der Waals surface area (Å²) in [6.45, 7) is 6.42. The zero-order valence-corrected chi connectivity index (χ0v) is 11.9. The van der Waals surface area contributed by atoms with E-state index >= 15 is 0 Å². The second-order valence-electron chi connectivity index (χ2n) is 4.34. The van der Waals surface area contributed by atoms with Crippen LogP contribution in [0.3, 0.4) is 0 Å². The van der Waals surface area contributed by atoms with Gasteiger partial charge in [-0.25, -0.2) is 8.42 Å². The molecular weight excluding hydrogens is 250 g/mol. The smallest absolute Gasteiger partial charge is 0.175 e. The number of sulfone groups is 1. The SMILES string of the molecule is CCN(CC)CC(O)c1ccc(S(C)(=O)=O)cc1. The van der Waals surface area contributed by atoms with Gasteiger partial charge in [0.25, 0.3) is 0 Å². The first-order valence-electron chi connectivity index (χ1n) is 6.09. The van der Waals surface area contributed by atoms with Crippen LogP contribution in [-0.4, -0.2) is 44.3 Å². The molecule has 102 valence electrons. The highest BCUT2D eigenvalue weighted by molar-refractivity contribution is 7.90. The standard InChI is InChI=1S/C13H21NO3S/c1-4-14(5-2)10-13(15)11-6-8-12(9-7-11)18(3,16)17/h6-9,13,15H,4-5,10H2,1-3H3. The highest BCUT2D eigenvalue weighted by atomic mass is 32.2. The zero-order chi connectivity index (χ0) is 13.8. The van der Waals surface area contributed by atoms with Crippen LogP contribution in [0.2, 0.25) is 0 Å². The van der Waals surface area contributed by atoms with Crippen LogP contribution in [0.1, 0.15) is 25.5 Å². The van der Waals surface area contributed by atoms with Gasteiger partial charge in [0.1, 0.15) is 0 Å². The molecule has 0 aromatic heterocycles. The van der Waals surface area contributed by atoms with Crippen molar-refractivity contribution < 1.29 is 13.5 Å². The van der Waals surface area contributed by atoms with Crippen molar-refractivity contribution in [3.05, 3.63) is 29.8 Å². The van der Waals surface area contributed by atoms with Crippen molar-refractivity contribution in [1.29, 1.82) is 0 Å². The summed E-state index contributed by atoms with van der Waals surface area (Å²) in [5, 5.41) is 10.1. The topological polar surface area (TPSA) is 57.6 Å². The molecule has 0 bridgehead atoms. The maximum Gasteiger partial charge on any atom is 0.175 e. The first-order valence-corrected chi connectivity index (χ1v) is 7.98. The van der Waals surface area contributed by atoms with E-state index in [-0.39, 0.29) is 4.90 Å². The van der Waals surface area contributed by atoms with E-state index in [9.17, 15) is 13.5 Å². The minimum Gasteiger partial charge on any atom is -0.387 e. The summed E-state index contributed by atoms with van der Waals surface area (Å²) in [6, 6.07) is 6.42. The summed E-state index contributed by atoms with van der Waals surface area (Å²) in [4.78, 5) is 2.40. The van der Waals surface area contributed by atoms with Crippen LogP contribution in [0.25, 0.3) is 0 Å². The fourth-order valence-electron chi connectivity index (χ4n) is 1.77. The zero-order valence-electron chi connectivity index (χ0n) is 11.1. The molecule has 0 saturated carbocycles. The van der Waals surface area contributed by atoms with Gasteiger partial charge in [0.2, 0.25) is 0 Å². The highest BCUT2D eigenvalue weighted by Crippen LogP contribution is 2.17. The molecule has 0 radical (unpaired) electrons. The Kier molecular flexibility index (Phi) is 5.31. The van der Waals surface area contributed by atoms with Gasteiger partial charge in [0.05, 0.1) is 11.0 Å². The lowest BCUT2D eigenvalue weighted by Gasteiger charge is -2.22. The Labute approximate surface area is 109 Å². The number of nitrogens with zero attached hydrogens (tertiary/aromatic N) is 1. The average molecular weight is 271 g/mol. The predicted octanol–water partition coefficient (Wildman–Crippen LogP) is 1.47. The van der Waals surface area contributed by atoms with E-state index in [0.717, 1.165) is 18.7 Å². The van der Waals surface area contributed by atoms with Gasteiger partial charge in [0.15, 0.2) is 9.84 Å². The molecule has 18 heavy (non-hydrogen) atoms. The molecular formula is C13H21NO3S. The summed E-state index contributed by atoms with van der Waals surface area (Å²) < 4.78 is 22.6. The van der Waals surface area contributed by atoms with Gasteiger partial charge in [-0.2, -0.15) is 0 Å². The van der Waals surface area contributed by atoms with Gasteiger partial charge in [-0.15, -0.1) is 0 Å². The van der Waals surface area contributed by atoms with Crippen molar-refractivity contribution in [2.75, 3.05) is 25.9 Å². The number of aliphatic hydroxyl groups excluding tert-OH is 1. The lowest BCUT2D eigenvalue weighted by atomic mass is 10.1. The van der Waals surface area contributed by atoms with Gasteiger partial charge >= 0.3 is 0 Å². The van der Waals surface area contributed by atoms with Gasteiger partial charge in [-0.1, -0.05) is 26.0 Å². The van der Waals surface area contributed by atoms with E-state index in [4.69, 9.17) is 0 Å². The second kappa shape index (κ2) is 6.31. The molecule has 1 unspecified atom stereocenters. The number of likely N-dealkylation sites (N-methyl/N-ethyl adjacent to an activating group) is 1. The molecule has 1 aromatic rings. The van der Waals surface area contributed by atoms with E-state index in [1.165, 1.54) is 18.4 Å². The third-order valence-corrected chi connectivity index (χ3v) is 4.15. The van der Waals surface area contributed by atoms with Crippen LogP contribution >= 0.6 is 0 Å². The first-order chi connectivity index (χ1) is 8.38. The maximum absolute atomic E-state index is 11.3. The summed E-state index contributed by atoms with van der Waals surface area (Å²) in [5.41, 5.74) is 0.745.